The standard InChI is InChI=1S/C18H23N3OS/c1-18(22)8-9-21(10-18)16-14-12-4-2-3-5-13(12)23-17(14)20-15(19-16)11-6-7-11/h11,22H,2-10H2,1H3. The summed E-state index contributed by atoms with van der Waals surface area (Å²) in [4.78, 5) is 15.0. The molecular weight excluding hydrogens is 306 g/mol. The molecule has 2 aliphatic carbocycles. The number of anilines is 1. The second-order valence-electron chi connectivity index (χ2n) is 7.74. The average Bonchev–Trinajstić information content (AvgIpc) is 3.22. The second-order valence-corrected chi connectivity index (χ2v) is 8.82. The highest BCUT2D eigenvalue weighted by molar-refractivity contribution is 7.19. The average molecular weight is 329 g/mol. The minimum Gasteiger partial charge on any atom is -0.388 e. The van der Waals surface area contributed by atoms with Crippen LogP contribution in [-0.2, 0) is 12.8 Å². The summed E-state index contributed by atoms with van der Waals surface area (Å²) in [7, 11) is 0. The first kappa shape index (κ1) is 14.2. The molecule has 122 valence electrons. The van der Waals surface area contributed by atoms with Crippen molar-refractivity contribution in [2.75, 3.05) is 18.0 Å². The molecule has 2 aromatic rings. The number of aryl methyl sites for hydroxylation is 2. The van der Waals surface area contributed by atoms with Gasteiger partial charge in [0.2, 0.25) is 0 Å². The molecule has 1 N–H and O–H groups in total. The van der Waals surface area contributed by atoms with Crippen LogP contribution in [0.4, 0.5) is 5.82 Å². The normalized spacial score (nSPS) is 27.7. The number of nitrogens with zero attached hydrogens (tertiary/aromatic N) is 3. The summed E-state index contributed by atoms with van der Waals surface area (Å²) in [5.74, 6) is 2.71. The van der Waals surface area contributed by atoms with Crippen molar-refractivity contribution in [2.24, 2.45) is 0 Å². The lowest BCUT2D eigenvalue weighted by atomic mass is 9.97. The fourth-order valence-corrected chi connectivity index (χ4v) is 5.30. The van der Waals surface area contributed by atoms with Gasteiger partial charge >= 0.3 is 0 Å². The van der Waals surface area contributed by atoms with Gasteiger partial charge in [-0.2, -0.15) is 0 Å². The molecule has 0 aromatic carbocycles. The van der Waals surface area contributed by atoms with Crippen LogP contribution in [0.2, 0.25) is 0 Å². The van der Waals surface area contributed by atoms with Gasteiger partial charge in [0.1, 0.15) is 16.5 Å². The Morgan fingerprint density at radius 2 is 2.04 bits per heavy atom. The molecular formula is C18H23N3OS. The number of rotatable bonds is 2. The Bertz CT molecular complexity index is 778. The van der Waals surface area contributed by atoms with E-state index in [0.717, 1.165) is 24.6 Å². The number of hydrogen-bond acceptors (Lipinski definition) is 5. The lowest BCUT2D eigenvalue weighted by Gasteiger charge is -2.22. The monoisotopic (exact) mass is 329 g/mol. The third-order valence-electron chi connectivity index (χ3n) is 5.51. The van der Waals surface area contributed by atoms with E-state index in [9.17, 15) is 5.11 Å². The van der Waals surface area contributed by atoms with E-state index >= 15 is 0 Å². The van der Waals surface area contributed by atoms with Crippen LogP contribution in [0.5, 0.6) is 0 Å². The minimum absolute atomic E-state index is 0.570. The quantitative estimate of drug-likeness (QED) is 0.917. The first-order chi connectivity index (χ1) is 11.1. The maximum atomic E-state index is 10.4. The van der Waals surface area contributed by atoms with Gasteiger partial charge in [-0.05, 0) is 57.4 Å². The lowest BCUT2D eigenvalue weighted by Crippen LogP contribution is -2.30. The number of β-amino-alcohol motifs (C(OH)–C–C–N with tert-alkyl or cyclic N) is 1. The number of fused-ring (bicyclic) bond motifs is 3. The number of aromatic nitrogens is 2. The highest BCUT2D eigenvalue weighted by Crippen LogP contribution is 2.44. The molecule has 1 saturated heterocycles. The predicted molar refractivity (Wildman–Crippen MR) is 93.5 cm³/mol. The largest absolute Gasteiger partial charge is 0.388 e. The Morgan fingerprint density at radius 3 is 2.78 bits per heavy atom. The molecule has 1 unspecified atom stereocenters. The molecule has 1 atom stereocenters. The van der Waals surface area contributed by atoms with Gasteiger partial charge in [-0.25, -0.2) is 9.97 Å². The summed E-state index contributed by atoms with van der Waals surface area (Å²) in [5, 5.41) is 11.7. The van der Waals surface area contributed by atoms with Crippen LogP contribution in [0, 0.1) is 0 Å². The zero-order valence-electron chi connectivity index (χ0n) is 13.6. The fourth-order valence-electron chi connectivity index (χ4n) is 4.03. The van der Waals surface area contributed by atoms with Crippen LogP contribution in [0.25, 0.3) is 10.2 Å². The first-order valence-corrected chi connectivity index (χ1v) is 9.72. The zero-order valence-corrected chi connectivity index (χ0v) is 14.5. The molecule has 4 nitrogen and oxygen atoms in total. The number of hydrogen-bond donors (Lipinski definition) is 1. The van der Waals surface area contributed by atoms with E-state index in [1.807, 2.05) is 18.3 Å². The Balaban J connectivity index is 1.70. The molecule has 0 radical (unpaired) electrons. The van der Waals surface area contributed by atoms with Crippen molar-refractivity contribution in [2.45, 2.75) is 63.4 Å². The van der Waals surface area contributed by atoms with E-state index in [2.05, 4.69) is 4.90 Å². The van der Waals surface area contributed by atoms with Gasteiger partial charge in [0, 0.05) is 23.9 Å². The van der Waals surface area contributed by atoms with Gasteiger partial charge in [0.05, 0.1) is 11.0 Å². The Kier molecular flexibility index (Phi) is 3.02. The number of aliphatic hydroxyl groups is 1. The molecule has 0 spiro atoms. The van der Waals surface area contributed by atoms with Crippen LogP contribution < -0.4 is 4.90 Å². The molecule has 0 bridgehead atoms. The molecule has 1 aliphatic heterocycles. The van der Waals surface area contributed by atoms with E-state index < -0.39 is 5.60 Å². The van der Waals surface area contributed by atoms with Gasteiger partial charge in [-0.15, -0.1) is 11.3 Å². The summed E-state index contributed by atoms with van der Waals surface area (Å²) in [5.41, 5.74) is 0.910. The summed E-state index contributed by atoms with van der Waals surface area (Å²) in [6.07, 6.45) is 8.23. The molecule has 23 heavy (non-hydrogen) atoms. The topological polar surface area (TPSA) is 49.2 Å². The molecule has 5 heteroatoms. The van der Waals surface area contributed by atoms with Gasteiger partial charge in [-0.3, -0.25) is 0 Å². The van der Waals surface area contributed by atoms with Crippen molar-refractivity contribution in [3.63, 3.8) is 0 Å². The Labute approximate surface area is 140 Å². The summed E-state index contributed by atoms with van der Waals surface area (Å²) >= 11 is 1.89. The first-order valence-electron chi connectivity index (χ1n) is 8.90. The van der Waals surface area contributed by atoms with Crippen molar-refractivity contribution >= 4 is 27.4 Å². The van der Waals surface area contributed by atoms with Crippen LogP contribution in [0.15, 0.2) is 0 Å². The van der Waals surface area contributed by atoms with E-state index in [4.69, 9.17) is 9.97 Å². The highest BCUT2D eigenvalue weighted by Gasteiger charge is 2.36. The van der Waals surface area contributed by atoms with E-state index in [1.165, 1.54) is 59.2 Å². The van der Waals surface area contributed by atoms with E-state index in [-0.39, 0.29) is 0 Å². The minimum atomic E-state index is -0.590. The summed E-state index contributed by atoms with van der Waals surface area (Å²) in [6.45, 7) is 3.53. The van der Waals surface area contributed by atoms with E-state index in [0.29, 0.717) is 12.5 Å². The molecule has 2 aromatic heterocycles. The highest BCUT2D eigenvalue weighted by atomic mass is 32.1. The van der Waals surface area contributed by atoms with Crippen LogP contribution in [0.1, 0.15) is 61.2 Å². The third-order valence-corrected chi connectivity index (χ3v) is 6.69. The Morgan fingerprint density at radius 1 is 1.22 bits per heavy atom. The maximum absolute atomic E-state index is 10.4. The lowest BCUT2D eigenvalue weighted by molar-refractivity contribution is 0.0839. The van der Waals surface area contributed by atoms with Crippen molar-refractivity contribution in [1.82, 2.24) is 9.97 Å². The van der Waals surface area contributed by atoms with Gasteiger partial charge in [0.25, 0.3) is 0 Å². The number of thiophene rings is 1. The van der Waals surface area contributed by atoms with Gasteiger partial charge in [-0.1, -0.05) is 0 Å². The molecule has 1 saturated carbocycles. The van der Waals surface area contributed by atoms with Crippen molar-refractivity contribution in [3.8, 4) is 0 Å². The third kappa shape index (κ3) is 2.36. The van der Waals surface area contributed by atoms with Crippen molar-refractivity contribution in [3.05, 3.63) is 16.3 Å². The van der Waals surface area contributed by atoms with Crippen molar-refractivity contribution in [1.29, 1.82) is 0 Å². The molecule has 2 fully saturated rings. The molecule has 3 aliphatic rings. The smallest absolute Gasteiger partial charge is 0.141 e. The maximum Gasteiger partial charge on any atom is 0.141 e. The van der Waals surface area contributed by atoms with E-state index in [1.54, 1.807) is 0 Å². The van der Waals surface area contributed by atoms with Crippen molar-refractivity contribution < 1.29 is 5.11 Å². The summed E-state index contributed by atoms with van der Waals surface area (Å²) in [6, 6.07) is 0. The SMILES string of the molecule is CC1(O)CCN(c2nc(C3CC3)nc3sc4c(c23)CCCC4)C1. The van der Waals surface area contributed by atoms with Crippen LogP contribution in [-0.4, -0.2) is 33.8 Å². The second kappa shape index (κ2) is 4.90. The predicted octanol–water partition coefficient (Wildman–Crippen LogP) is 3.41. The van der Waals surface area contributed by atoms with Crippen LogP contribution in [0.3, 0.4) is 0 Å². The summed E-state index contributed by atoms with van der Waals surface area (Å²) < 4.78 is 0. The van der Waals surface area contributed by atoms with Crippen LogP contribution >= 0.6 is 11.3 Å². The fraction of sp³-hybridized carbons (Fsp3) is 0.667. The van der Waals surface area contributed by atoms with Gasteiger partial charge in [0.15, 0.2) is 0 Å². The molecule has 5 rings (SSSR count). The zero-order chi connectivity index (χ0) is 15.6. The Hall–Kier alpha value is -1.20. The molecule has 3 heterocycles. The van der Waals surface area contributed by atoms with Gasteiger partial charge < -0.3 is 10.0 Å². The molecule has 0 amide bonds.